The van der Waals surface area contributed by atoms with Crippen molar-refractivity contribution in [3.63, 3.8) is 0 Å². The summed E-state index contributed by atoms with van der Waals surface area (Å²) in [7, 11) is -3.76. The summed E-state index contributed by atoms with van der Waals surface area (Å²) in [6, 6.07) is 14.2. The molecule has 9 nitrogen and oxygen atoms in total. The fourth-order valence-corrected chi connectivity index (χ4v) is 4.39. The van der Waals surface area contributed by atoms with Crippen molar-refractivity contribution in [1.82, 2.24) is 25.4 Å². The van der Waals surface area contributed by atoms with Crippen molar-refractivity contribution in [3.05, 3.63) is 66.0 Å². The number of rotatable bonds is 8. The van der Waals surface area contributed by atoms with Crippen LogP contribution in [-0.4, -0.2) is 36.5 Å². The van der Waals surface area contributed by atoms with Gasteiger partial charge in [-0.25, -0.2) is 13.2 Å². The monoisotopic (exact) mass is 443 g/mol. The summed E-state index contributed by atoms with van der Waals surface area (Å²) in [5.74, 6) is 0. The first kappa shape index (κ1) is 22.4. The smallest absolute Gasteiger partial charge is 0.407 e. The first-order chi connectivity index (χ1) is 14.7. The van der Waals surface area contributed by atoms with Gasteiger partial charge in [0.05, 0.1) is 28.9 Å². The van der Waals surface area contributed by atoms with Crippen LogP contribution in [0.3, 0.4) is 0 Å². The Bertz CT molecular complexity index is 1130. The molecule has 1 heterocycles. The number of carbonyl (C=O) groups is 1. The lowest BCUT2D eigenvalue weighted by Crippen LogP contribution is -2.41. The van der Waals surface area contributed by atoms with Gasteiger partial charge in [0.1, 0.15) is 0 Å². The third-order valence-corrected chi connectivity index (χ3v) is 6.29. The zero-order valence-electron chi connectivity index (χ0n) is 17.5. The summed E-state index contributed by atoms with van der Waals surface area (Å²) in [4.78, 5) is 11.6. The Morgan fingerprint density at radius 1 is 1.13 bits per heavy atom. The van der Waals surface area contributed by atoms with E-state index in [9.17, 15) is 13.2 Å². The number of sulfonamides is 1. The van der Waals surface area contributed by atoms with Crippen molar-refractivity contribution in [1.29, 1.82) is 0 Å². The van der Waals surface area contributed by atoms with E-state index in [0.29, 0.717) is 18.8 Å². The first-order valence-electron chi connectivity index (χ1n) is 9.72. The molecule has 2 aromatic carbocycles. The summed E-state index contributed by atoms with van der Waals surface area (Å²) in [6.45, 7) is 5.84. The molecule has 10 heteroatoms. The second kappa shape index (κ2) is 9.27. The molecule has 31 heavy (non-hydrogen) atoms. The number of carbonyl (C=O) groups excluding carboxylic acids is 1. The normalized spacial score (nSPS) is 11.8. The number of benzene rings is 2. The molecule has 3 N–H and O–H groups in total. The van der Waals surface area contributed by atoms with Crippen LogP contribution < -0.4 is 10.0 Å². The number of hydrogen-bond acceptors (Lipinski definition) is 6. The number of amides is 1. The third-order valence-electron chi connectivity index (χ3n) is 4.62. The average molecular weight is 444 g/mol. The van der Waals surface area contributed by atoms with Gasteiger partial charge in [-0.05, 0) is 55.7 Å². The molecule has 164 valence electrons. The van der Waals surface area contributed by atoms with E-state index in [1.807, 2.05) is 24.3 Å². The number of ether oxygens (including phenoxy) is 1. The van der Waals surface area contributed by atoms with Crippen LogP contribution >= 0.6 is 0 Å². The Balaban J connectivity index is 1.74. The lowest BCUT2D eigenvalue weighted by molar-refractivity contribution is 0.151. The van der Waals surface area contributed by atoms with Gasteiger partial charge in [0.15, 0.2) is 0 Å². The molecule has 0 atom stereocenters. The number of nitrogens with one attached hydrogen (secondary N) is 3. The highest BCUT2D eigenvalue weighted by atomic mass is 32.2. The van der Waals surface area contributed by atoms with E-state index in [0.717, 1.165) is 16.7 Å². The number of nitrogens with zero attached hydrogens (tertiary/aromatic N) is 2. The number of alkyl carbamates (subject to hydrolysis) is 1. The second-order valence-electron chi connectivity index (χ2n) is 7.40. The van der Waals surface area contributed by atoms with Crippen molar-refractivity contribution < 1.29 is 17.9 Å². The van der Waals surface area contributed by atoms with Gasteiger partial charge in [0.25, 0.3) is 0 Å². The van der Waals surface area contributed by atoms with E-state index in [-0.39, 0.29) is 4.90 Å². The second-order valence-corrected chi connectivity index (χ2v) is 9.08. The lowest BCUT2D eigenvalue weighted by atomic mass is 10.0. The van der Waals surface area contributed by atoms with E-state index in [1.165, 1.54) is 6.20 Å². The highest BCUT2D eigenvalue weighted by molar-refractivity contribution is 7.89. The van der Waals surface area contributed by atoms with Crippen LogP contribution in [0.2, 0.25) is 0 Å². The molecule has 0 saturated heterocycles. The molecule has 1 amide bonds. The fraction of sp³-hybridized carbons (Fsp3) is 0.286. The quantitative estimate of drug-likeness (QED) is 0.491. The van der Waals surface area contributed by atoms with Crippen LogP contribution in [0.25, 0.3) is 11.1 Å². The highest BCUT2D eigenvalue weighted by Crippen LogP contribution is 2.24. The Labute approximate surface area is 181 Å². The average Bonchev–Trinajstić information content (AvgIpc) is 3.28. The van der Waals surface area contributed by atoms with E-state index < -0.39 is 21.7 Å². The molecule has 0 aliphatic heterocycles. The summed E-state index contributed by atoms with van der Waals surface area (Å²) in [5, 5.41) is 12.7. The maximum Gasteiger partial charge on any atom is 0.407 e. The lowest BCUT2D eigenvalue weighted by Gasteiger charge is -2.24. The molecule has 0 aliphatic rings. The number of aromatic nitrogens is 3. The van der Waals surface area contributed by atoms with Crippen molar-refractivity contribution in [2.24, 2.45) is 0 Å². The van der Waals surface area contributed by atoms with Crippen LogP contribution in [0.1, 0.15) is 32.0 Å². The molecule has 3 aromatic rings. The predicted molar refractivity (Wildman–Crippen MR) is 115 cm³/mol. The zero-order valence-corrected chi connectivity index (χ0v) is 18.4. The molecule has 0 fully saturated rings. The van der Waals surface area contributed by atoms with E-state index in [4.69, 9.17) is 4.74 Å². The molecule has 0 saturated carbocycles. The van der Waals surface area contributed by atoms with Crippen molar-refractivity contribution >= 4 is 16.1 Å². The zero-order chi connectivity index (χ0) is 22.5. The van der Waals surface area contributed by atoms with Gasteiger partial charge in [0.2, 0.25) is 10.0 Å². The number of hydrogen-bond donors (Lipinski definition) is 3. The summed E-state index contributed by atoms with van der Waals surface area (Å²) in [6.07, 6.45) is 1.01. The maximum atomic E-state index is 12.8. The van der Waals surface area contributed by atoms with Crippen LogP contribution in [0.4, 0.5) is 4.79 Å². The minimum absolute atomic E-state index is 0.150. The van der Waals surface area contributed by atoms with Gasteiger partial charge in [-0.15, -0.1) is 5.10 Å². The van der Waals surface area contributed by atoms with Gasteiger partial charge in [-0.3, -0.25) is 5.10 Å². The van der Waals surface area contributed by atoms with E-state index >= 15 is 0 Å². The molecule has 0 unspecified atom stereocenters. The summed E-state index contributed by atoms with van der Waals surface area (Å²) >= 11 is 0. The van der Waals surface area contributed by atoms with Gasteiger partial charge < -0.3 is 10.1 Å². The Morgan fingerprint density at radius 3 is 2.52 bits per heavy atom. The fourth-order valence-electron chi connectivity index (χ4n) is 2.99. The Hall–Kier alpha value is -3.24. The Kier molecular flexibility index (Phi) is 6.71. The molecule has 0 aliphatic carbocycles. The van der Waals surface area contributed by atoms with Gasteiger partial charge in [0, 0.05) is 6.54 Å². The SMILES string of the molecule is CCOC(=O)NCc1cccc(-c2ccc(S(=O)(=O)NC(C)(C)c3cnn[nH]3)cc2)c1. The number of aromatic amines is 1. The van der Waals surface area contributed by atoms with Crippen molar-refractivity contribution in [3.8, 4) is 11.1 Å². The Morgan fingerprint density at radius 2 is 1.87 bits per heavy atom. The molecular weight excluding hydrogens is 418 g/mol. The molecule has 0 spiro atoms. The largest absolute Gasteiger partial charge is 0.450 e. The van der Waals surface area contributed by atoms with E-state index in [1.54, 1.807) is 45.0 Å². The molecule has 3 rings (SSSR count). The molecule has 0 radical (unpaired) electrons. The first-order valence-corrected chi connectivity index (χ1v) is 11.2. The standard InChI is InChI=1S/C21H25N5O4S/c1-4-30-20(27)22-13-15-6-5-7-17(12-15)16-8-10-18(11-9-16)31(28,29)25-21(2,3)19-14-23-26-24-19/h5-12,14,25H,4,13H2,1-3H3,(H,22,27)(H,23,24,26). The van der Waals surface area contributed by atoms with Crippen LogP contribution in [0.5, 0.6) is 0 Å². The summed E-state index contributed by atoms with van der Waals surface area (Å²) < 4.78 is 33.2. The summed E-state index contributed by atoms with van der Waals surface area (Å²) in [5.41, 5.74) is 2.32. The van der Waals surface area contributed by atoms with E-state index in [2.05, 4.69) is 25.4 Å². The predicted octanol–water partition coefficient (Wildman–Crippen LogP) is 2.93. The van der Waals surface area contributed by atoms with Crippen LogP contribution in [0, 0.1) is 0 Å². The minimum atomic E-state index is -3.76. The van der Waals surface area contributed by atoms with Crippen LogP contribution in [-0.2, 0) is 26.8 Å². The van der Waals surface area contributed by atoms with Crippen molar-refractivity contribution in [2.45, 2.75) is 37.8 Å². The topological polar surface area (TPSA) is 126 Å². The van der Waals surface area contributed by atoms with Gasteiger partial charge in [-0.2, -0.15) is 4.72 Å². The van der Waals surface area contributed by atoms with Gasteiger partial charge in [-0.1, -0.05) is 35.5 Å². The molecule has 0 bridgehead atoms. The maximum absolute atomic E-state index is 12.8. The van der Waals surface area contributed by atoms with Crippen LogP contribution in [0.15, 0.2) is 59.6 Å². The highest BCUT2D eigenvalue weighted by Gasteiger charge is 2.29. The molecule has 1 aromatic heterocycles. The van der Waals surface area contributed by atoms with Crippen molar-refractivity contribution in [2.75, 3.05) is 6.61 Å². The molecular formula is C21H25N5O4S. The number of H-pyrrole nitrogens is 1. The minimum Gasteiger partial charge on any atom is -0.450 e. The third kappa shape index (κ3) is 5.68. The van der Waals surface area contributed by atoms with Gasteiger partial charge >= 0.3 is 6.09 Å².